The molecule has 12 aromatic rings. The van der Waals surface area contributed by atoms with Crippen LogP contribution in [0.25, 0.3) is 111 Å². The first-order valence-corrected chi connectivity index (χ1v) is 27.1. The molecule has 0 bridgehead atoms. The molecular weight excluding hydrogens is 931 g/mol. The van der Waals surface area contributed by atoms with Gasteiger partial charge in [0.05, 0.1) is 45.1 Å². The molecule has 10 aromatic carbocycles. The second kappa shape index (κ2) is 18.5. The van der Waals surface area contributed by atoms with Gasteiger partial charge in [0.15, 0.2) is 0 Å². The fourth-order valence-electron chi connectivity index (χ4n) is 13.8. The van der Waals surface area contributed by atoms with Crippen molar-refractivity contribution in [2.75, 3.05) is 0 Å². The first-order chi connectivity index (χ1) is 37.0. The van der Waals surface area contributed by atoms with Crippen molar-refractivity contribution in [1.82, 2.24) is 9.13 Å². The lowest BCUT2D eigenvalue weighted by Gasteiger charge is -2.21. The smallest absolute Gasteiger partial charge is 0.0991 e. The van der Waals surface area contributed by atoms with Crippen LogP contribution in [0, 0.1) is 101 Å². The Balaban J connectivity index is 1.22. The van der Waals surface area contributed by atoms with Crippen molar-refractivity contribution in [2.45, 2.75) is 90.0 Å². The maximum absolute atomic E-state index is 10.2. The molecule has 77 heavy (non-hydrogen) atoms. The normalized spacial score (nSPS) is 11.7. The number of rotatable bonds is 7. The molecule has 0 aliphatic heterocycles. The van der Waals surface area contributed by atoms with E-state index in [1.807, 2.05) is 18.2 Å². The van der Waals surface area contributed by atoms with Gasteiger partial charge in [0.2, 0.25) is 0 Å². The zero-order valence-corrected chi connectivity index (χ0v) is 46.9. The van der Waals surface area contributed by atoms with Gasteiger partial charge in [-0.3, -0.25) is 0 Å². The number of nitriles is 1. The maximum atomic E-state index is 10.2. The van der Waals surface area contributed by atoms with Crippen LogP contribution < -0.4 is 0 Å². The van der Waals surface area contributed by atoms with E-state index in [4.69, 9.17) is 0 Å². The molecule has 0 unspecified atom stereocenters. The summed E-state index contributed by atoms with van der Waals surface area (Å²) in [5.41, 5.74) is 35.9. The minimum Gasteiger partial charge on any atom is -0.307 e. The lowest BCUT2D eigenvalue weighted by molar-refractivity contribution is 1.09. The second-order valence-corrected chi connectivity index (χ2v) is 22.5. The van der Waals surface area contributed by atoms with Gasteiger partial charge in [0.25, 0.3) is 0 Å². The summed E-state index contributed by atoms with van der Waals surface area (Å²) in [7, 11) is 0. The van der Waals surface area contributed by atoms with Crippen LogP contribution in [0.1, 0.15) is 77.9 Å². The number of fused-ring (bicyclic) bond motifs is 6. The van der Waals surface area contributed by atoms with Crippen molar-refractivity contribution in [3.8, 4) is 73.1 Å². The van der Waals surface area contributed by atoms with Crippen LogP contribution in [0.15, 0.2) is 158 Å². The van der Waals surface area contributed by atoms with E-state index in [9.17, 15) is 5.26 Å². The summed E-state index contributed by atoms with van der Waals surface area (Å²) in [6, 6.07) is 62.3. The van der Waals surface area contributed by atoms with Crippen molar-refractivity contribution in [2.24, 2.45) is 0 Å². The molecule has 376 valence electrons. The quantitative estimate of drug-likeness (QED) is 0.157. The van der Waals surface area contributed by atoms with E-state index in [1.165, 1.54) is 133 Å². The first kappa shape index (κ1) is 49.2. The minimum atomic E-state index is 0.639. The van der Waals surface area contributed by atoms with Crippen LogP contribution >= 0.6 is 0 Å². The van der Waals surface area contributed by atoms with Gasteiger partial charge in [-0.2, -0.15) is 5.26 Å². The summed E-state index contributed by atoms with van der Waals surface area (Å²) in [5.74, 6) is 0. The summed E-state index contributed by atoms with van der Waals surface area (Å²) in [4.78, 5) is 0. The van der Waals surface area contributed by atoms with Crippen LogP contribution in [-0.2, 0) is 0 Å². The SMILES string of the molecule is Cc1cc(C)c(-c2ccc3c(c2)c2cc(-c4c(C)cc(C)cc4C)ccc2n3-c2cc(C)c(-c3cccc(C#N)c3)cc2-n2c3ccc(-c4c(C)cc(C)cc4C)cc3c3cc(-c4c(C)cc(C)cc4C)ccc32)c(C)c1. The van der Waals surface area contributed by atoms with Crippen LogP contribution in [0.5, 0.6) is 0 Å². The van der Waals surface area contributed by atoms with Crippen LogP contribution in [-0.4, -0.2) is 9.13 Å². The Morgan fingerprint density at radius 3 is 0.883 bits per heavy atom. The first-order valence-electron chi connectivity index (χ1n) is 27.1. The molecular formula is C74H65N3. The van der Waals surface area contributed by atoms with Crippen molar-refractivity contribution in [3.05, 3.63) is 236 Å². The largest absolute Gasteiger partial charge is 0.307 e. The van der Waals surface area contributed by atoms with Gasteiger partial charge in [0, 0.05) is 21.5 Å². The summed E-state index contributed by atoms with van der Waals surface area (Å²) >= 11 is 0. The van der Waals surface area contributed by atoms with Crippen molar-refractivity contribution in [1.29, 1.82) is 5.26 Å². The van der Waals surface area contributed by atoms with E-state index >= 15 is 0 Å². The summed E-state index contributed by atoms with van der Waals surface area (Å²) in [5, 5.41) is 15.0. The number of hydrogen-bond acceptors (Lipinski definition) is 1. The average molecular weight is 996 g/mol. The maximum Gasteiger partial charge on any atom is 0.0991 e. The molecule has 0 aliphatic rings. The van der Waals surface area contributed by atoms with Crippen molar-refractivity contribution in [3.63, 3.8) is 0 Å². The van der Waals surface area contributed by atoms with E-state index in [1.54, 1.807) is 0 Å². The van der Waals surface area contributed by atoms with Gasteiger partial charge in [0.1, 0.15) is 0 Å². The molecule has 2 aromatic heterocycles. The van der Waals surface area contributed by atoms with Gasteiger partial charge in [-0.25, -0.2) is 0 Å². The number of benzene rings is 10. The average Bonchev–Trinajstić information content (AvgIpc) is 3.90. The van der Waals surface area contributed by atoms with Crippen LogP contribution in [0.4, 0.5) is 0 Å². The summed E-state index contributed by atoms with van der Waals surface area (Å²) in [6.07, 6.45) is 0. The Kier molecular flexibility index (Phi) is 11.8. The number of nitrogens with zero attached hydrogens (tertiary/aromatic N) is 3. The molecule has 0 atom stereocenters. The lowest BCUT2D eigenvalue weighted by Crippen LogP contribution is -2.05. The Labute approximate surface area is 454 Å². The molecule has 0 spiro atoms. The van der Waals surface area contributed by atoms with Gasteiger partial charge in [-0.1, -0.05) is 107 Å². The van der Waals surface area contributed by atoms with E-state index in [0.717, 1.165) is 50.1 Å². The molecule has 0 fully saturated rings. The van der Waals surface area contributed by atoms with Crippen LogP contribution in [0.3, 0.4) is 0 Å². The van der Waals surface area contributed by atoms with E-state index < -0.39 is 0 Å². The highest BCUT2D eigenvalue weighted by Crippen LogP contribution is 2.46. The number of hydrogen-bond donors (Lipinski definition) is 0. The topological polar surface area (TPSA) is 33.6 Å². The number of aromatic nitrogens is 2. The van der Waals surface area contributed by atoms with Gasteiger partial charge >= 0.3 is 0 Å². The molecule has 0 saturated carbocycles. The molecule has 2 heterocycles. The zero-order chi connectivity index (χ0) is 53.9. The van der Waals surface area contributed by atoms with Gasteiger partial charge in [-0.05, 0) is 269 Å². The molecule has 3 heteroatoms. The Morgan fingerprint density at radius 2 is 0.584 bits per heavy atom. The lowest BCUT2D eigenvalue weighted by atomic mass is 9.91. The Morgan fingerprint density at radius 1 is 0.286 bits per heavy atom. The molecule has 0 radical (unpaired) electrons. The van der Waals surface area contributed by atoms with Crippen molar-refractivity contribution >= 4 is 43.6 Å². The van der Waals surface area contributed by atoms with Gasteiger partial charge < -0.3 is 9.13 Å². The molecule has 0 aliphatic carbocycles. The van der Waals surface area contributed by atoms with E-state index in [-0.39, 0.29) is 0 Å². The third kappa shape index (κ3) is 8.18. The van der Waals surface area contributed by atoms with Crippen LogP contribution in [0.2, 0.25) is 0 Å². The molecule has 3 nitrogen and oxygen atoms in total. The standard InChI is InChI=1S/C74H65N3/c1-41-25-46(6)71(47(7)26-41)56-17-21-65-61(35-56)62-36-57(72-48(8)27-42(2)28-49(72)9)18-22-66(62)76(65)69-33-45(5)60(55-16-14-15-54(34-55)40-75)39-70(69)77-67-23-19-58(73-50(10)29-43(3)30-51(73)11)37-63(67)64-38-59(20-24-68(64)77)74-52(12)31-44(4)32-53(74)13/h14-39H,1-13H3. The molecule has 0 N–H and O–H groups in total. The Bertz CT molecular complexity index is 4220. The molecule has 0 saturated heterocycles. The summed E-state index contributed by atoms with van der Waals surface area (Å²) in [6.45, 7) is 28.9. The predicted molar refractivity (Wildman–Crippen MR) is 329 cm³/mol. The van der Waals surface area contributed by atoms with Crippen molar-refractivity contribution < 1.29 is 0 Å². The monoisotopic (exact) mass is 996 g/mol. The molecule has 0 amide bonds. The predicted octanol–water partition coefficient (Wildman–Crippen LogP) is 20.1. The second-order valence-electron chi connectivity index (χ2n) is 22.5. The minimum absolute atomic E-state index is 0.639. The zero-order valence-electron chi connectivity index (χ0n) is 46.9. The number of aryl methyl sites for hydroxylation is 13. The highest BCUT2D eigenvalue weighted by Gasteiger charge is 2.25. The van der Waals surface area contributed by atoms with Gasteiger partial charge in [-0.15, -0.1) is 0 Å². The third-order valence-electron chi connectivity index (χ3n) is 16.5. The molecule has 12 rings (SSSR count). The highest BCUT2D eigenvalue weighted by molar-refractivity contribution is 6.14. The summed E-state index contributed by atoms with van der Waals surface area (Å²) < 4.78 is 5.05. The highest BCUT2D eigenvalue weighted by atomic mass is 15.1. The third-order valence-corrected chi connectivity index (χ3v) is 16.5. The fraction of sp³-hybridized carbons (Fsp3) is 0.176. The Hall–Kier alpha value is -8.71. The van der Waals surface area contributed by atoms with E-state index in [2.05, 4.69) is 245 Å². The van der Waals surface area contributed by atoms with E-state index in [0.29, 0.717) is 5.56 Å². The fourth-order valence-corrected chi connectivity index (χ4v) is 13.8.